The summed E-state index contributed by atoms with van der Waals surface area (Å²) in [6.45, 7) is 2.15. The van der Waals surface area contributed by atoms with Crippen molar-refractivity contribution in [3.63, 3.8) is 0 Å². The summed E-state index contributed by atoms with van der Waals surface area (Å²) < 4.78 is 0. The van der Waals surface area contributed by atoms with Crippen LogP contribution in [0.5, 0.6) is 0 Å². The van der Waals surface area contributed by atoms with Crippen LogP contribution in [0.3, 0.4) is 0 Å². The fraction of sp³-hybridized carbons (Fsp3) is 0.500. The lowest BCUT2D eigenvalue weighted by molar-refractivity contribution is -0.123. The maximum Gasteiger partial charge on any atom is 0.257 e. The average Bonchev–Trinajstić information content (AvgIpc) is 2.96. The molecule has 0 aliphatic carbocycles. The van der Waals surface area contributed by atoms with Crippen molar-refractivity contribution in [3.05, 3.63) is 23.8 Å². The van der Waals surface area contributed by atoms with Crippen molar-refractivity contribution in [1.82, 2.24) is 0 Å². The van der Waals surface area contributed by atoms with Gasteiger partial charge < -0.3 is 20.4 Å². The third-order valence-electron chi connectivity index (χ3n) is 4.03. The van der Waals surface area contributed by atoms with Gasteiger partial charge in [0, 0.05) is 36.6 Å². The second-order valence-corrected chi connectivity index (χ2v) is 5.28. The van der Waals surface area contributed by atoms with E-state index in [2.05, 4.69) is 10.2 Å². The molecular formula is C14H18N2O3. The van der Waals surface area contributed by atoms with Crippen molar-refractivity contribution < 1.29 is 15.0 Å². The lowest BCUT2D eigenvalue weighted by atomic mass is 10.1. The quantitative estimate of drug-likeness (QED) is 0.756. The number of nitrogens with zero attached hydrogens (tertiary/aromatic N) is 1. The Morgan fingerprint density at radius 3 is 3.05 bits per heavy atom. The number of carbonyl (C=O) groups excluding carboxylic acids is 1. The van der Waals surface area contributed by atoms with Crippen LogP contribution in [0.1, 0.15) is 24.5 Å². The Morgan fingerprint density at radius 2 is 2.26 bits per heavy atom. The van der Waals surface area contributed by atoms with Crippen molar-refractivity contribution in [3.8, 4) is 0 Å². The van der Waals surface area contributed by atoms with Crippen LogP contribution in [-0.2, 0) is 4.79 Å². The molecule has 3 rings (SSSR count). The Hall–Kier alpha value is -1.59. The molecule has 102 valence electrons. The Kier molecular flexibility index (Phi) is 3.16. The van der Waals surface area contributed by atoms with E-state index < -0.39 is 6.10 Å². The minimum absolute atomic E-state index is 0.241. The second-order valence-electron chi connectivity index (χ2n) is 5.28. The van der Waals surface area contributed by atoms with Crippen molar-refractivity contribution in [2.24, 2.45) is 5.92 Å². The smallest absolute Gasteiger partial charge is 0.257 e. The zero-order chi connectivity index (χ0) is 13.4. The number of carbonyl (C=O) groups is 1. The summed E-state index contributed by atoms with van der Waals surface area (Å²) in [5.74, 6) is 0.185. The van der Waals surface area contributed by atoms with Gasteiger partial charge >= 0.3 is 0 Å². The molecule has 0 spiro atoms. The van der Waals surface area contributed by atoms with Gasteiger partial charge in [0.1, 0.15) is 0 Å². The predicted molar refractivity (Wildman–Crippen MR) is 72.1 cm³/mol. The second kappa shape index (κ2) is 4.83. The fourth-order valence-electron chi connectivity index (χ4n) is 2.92. The van der Waals surface area contributed by atoms with E-state index in [0.717, 1.165) is 31.6 Å². The first kappa shape index (κ1) is 12.4. The number of rotatable bonds is 3. The standard InChI is InChI=1S/C14H18N2O3/c17-6-4-9-3-5-16(8-9)10-1-2-11-12(7-10)15-14(19)13(11)18/h1-2,7,9,13,17-18H,3-6,8H2,(H,15,19). The molecule has 0 aromatic heterocycles. The van der Waals surface area contributed by atoms with E-state index in [9.17, 15) is 9.90 Å². The molecule has 3 N–H and O–H groups in total. The average molecular weight is 262 g/mol. The van der Waals surface area contributed by atoms with Crippen molar-refractivity contribution in [1.29, 1.82) is 0 Å². The van der Waals surface area contributed by atoms with Crippen molar-refractivity contribution in [2.75, 3.05) is 29.9 Å². The van der Waals surface area contributed by atoms with Crippen LogP contribution in [0.15, 0.2) is 18.2 Å². The molecule has 5 heteroatoms. The van der Waals surface area contributed by atoms with Crippen LogP contribution >= 0.6 is 0 Å². The van der Waals surface area contributed by atoms with E-state index in [4.69, 9.17) is 5.11 Å². The van der Waals surface area contributed by atoms with Gasteiger partial charge in [0.2, 0.25) is 0 Å². The molecule has 1 saturated heterocycles. The third-order valence-corrected chi connectivity index (χ3v) is 4.03. The highest BCUT2D eigenvalue weighted by atomic mass is 16.3. The molecular weight excluding hydrogens is 244 g/mol. The number of fused-ring (bicyclic) bond motifs is 1. The van der Waals surface area contributed by atoms with Crippen LogP contribution in [0, 0.1) is 5.92 Å². The highest BCUT2D eigenvalue weighted by molar-refractivity contribution is 6.02. The molecule has 1 aromatic carbocycles. The Morgan fingerprint density at radius 1 is 1.42 bits per heavy atom. The lowest BCUT2D eigenvalue weighted by Crippen LogP contribution is -2.19. The fourth-order valence-corrected chi connectivity index (χ4v) is 2.92. The Bertz CT molecular complexity index is 503. The number of aliphatic hydroxyl groups excluding tert-OH is 2. The van der Waals surface area contributed by atoms with Gasteiger partial charge in [-0.3, -0.25) is 4.79 Å². The highest BCUT2D eigenvalue weighted by Crippen LogP contribution is 2.35. The van der Waals surface area contributed by atoms with Gasteiger partial charge in [-0.05, 0) is 30.9 Å². The van der Waals surface area contributed by atoms with Crippen LogP contribution in [0.25, 0.3) is 0 Å². The third kappa shape index (κ3) is 2.19. The maximum atomic E-state index is 11.4. The summed E-state index contributed by atoms with van der Waals surface area (Å²) in [4.78, 5) is 13.7. The molecule has 1 amide bonds. The number of aliphatic hydroxyl groups is 2. The summed E-state index contributed by atoms with van der Waals surface area (Å²) in [5, 5.41) is 21.3. The minimum Gasteiger partial charge on any atom is -0.396 e. The van der Waals surface area contributed by atoms with Crippen LogP contribution in [0.2, 0.25) is 0 Å². The number of nitrogens with one attached hydrogen (secondary N) is 1. The zero-order valence-corrected chi connectivity index (χ0v) is 10.7. The van der Waals surface area contributed by atoms with Gasteiger partial charge in [-0.2, -0.15) is 0 Å². The number of benzene rings is 1. The summed E-state index contributed by atoms with van der Waals surface area (Å²) in [6, 6.07) is 5.68. The lowest BCUT2D eigenvalue weighted by Gasteiger charge is -2.19. The first-order valence-electron chi connectivity index (χ1n) is 6.67. The molecule has 0 radical (unpaired) electrons. The number of hydrogen-bond donors (Lipinski definition) is 3. The van der Waals surface area contributed by atoms with Crippen molar-refractivity contribution >= 4 is 17.3 Å². The molecule has 2 aliphatic heterocycles. The molecule has 0 bridgehead atoms. The van der Waals surface area contributed by atoms with E-state index in [1.165, 1.54) is 0 Å². The minimum atomic E-state index is -1.04. The molecule has 2 unspecified atom stereocenters. The molecule has 2 heterocycles. The topological polar surface area (TPSA) is 72.8 Å². The molecule has 19 heavy (non-hydrogen) atoms. The van der Waals surface area contributed by atoms with E-state index in [-0.39, 0.29) is 12.5 Å². The summed E-state index contributed by atoms with van der Waals surface area (Å²) in [5.41, 5.74) is 2.43. The number of anilines is 2. The van der Waals surface area contributed by atoms with E-state index >= 15 is 0 Å². The van der Waals surface area contributed by atoms with Gasteiger partial charge in [0.25, 0.3) is 5.91 Å². The Labute approximate surface area is 111 Å². The van der Waals surface area contributed by atoms with Gasteiger partial charge in [0.15, 0.2) is 6.10 Å². The van der Waals surface area contributed by atoms with Gasteiger partial charge in [-0.25, -0.2) is 0 Å². The van der Waals surface area contributed by atoms with Crippen molar-refractivity contribution in [2.45, 2.75) is 18.9 Å². The maximum absolute atomic E-state index is 11.4. The molecule has 0 saturated carbocycles. The molecule has 5 nitrogen and oxygen atoms in total. The largest absolute Gasteiger partial charge is 0.396 e. The monoisotopic (exact) mass is 262 g/mol. The molecule has 1 fully saturated rings. The highest BCUT2D eigenvalue weighted by Gasteiger charge is 2.29. The van der Waals surface area contributed by atoms with Crippen LogP contribution < -0.4 is 10.2 Å². The van der Waals surface area contributed by atoms with Gasteiger partial charge in [0.05, 0.1) is 0 Å². The summed E-state index contributed by atoms with van der Waals surface area (Å²) >= 11 is 0. The molecule has 2 aliphatic rings. The normalized spacial score (nSPS) is 25.6. The van der Waals surface area contributed by atoms with E-state index in [0.29, 0.717) is 17.2 Å². The Balaban J connectivity index is 1.77. The molecule has 2 atom stereocenters. The number of hydrogen-bond acceptors (Lipinski definition) is 4. The zero-order valence-electron chi connectivity index (χ0n) is 10.7. The first-order chi connectivity index (χ1) is 9.19. The van der Waals surface area contributed by atoms with Gasteiger partial charge in [-0.1, -0.05) is 6.07 Å². The summed E-state index contributed by atoms with van der Waals surface area (Å²) in [7, 11) is 0. The summed E-state index contributed by atoms with van der Waals surface area (Å²) in [6.07, 6.45) is 0.897. The van der Waals surface area contributed by atoms with Gasteiger partial charge in [-0.15, -0.1) is 0 Å². The van der Waals surface area contributed by atoms with E-state index in [1.807, 2.05) is 18.2 Å². The first-order valence-corrected chi connectivity index (χ1v) is 6.67. The van der Waals surface area contributed by atoms with E-state index in [1.54, 1.807) is 0 Å². The predicted octanol–water partition coefficient (Wildman–Crippen LogP) is 0.881. The SMILES string of the molecule is O=C1Nc2cc(N3CCC(CCO)C3)ccc2C1O. The number of amides is 1. The van der Waals surface area contributed by atoms with Crippen LogP contribution in [-0.4, -0.2) is 35.8 Å². The molecule has 1 aromatic rings. The van der Waals surface area contributed by atoms with Crippen LogP contribution in [0.4, 0.5) is 11.4 Å².